The molecular formula is C28H38N4O2S. The van der Waals surface area contributed by atoms with Gasteiger partial charge in [0.15, 0.2) is 0 Å². The second kappa shape index (κ2) is 12.1. The first-order chi connectivity index (χ1) is 17.0. The van der Waals surface area contributed by atoms with Gasteiger partial charge in [-0.3, -0.25) is 4.98 Å². The Kier molecular flexibility index (Phi) is 8.87. The molecule has 0 aliphatic carbocycles. The number of rotatable bonds is 11. The van der Waals surface area contributed by atoms with Crippen LogP contribution in [0.4, 0.5) is 5.69 Å². The largest absolute Gasteiger partial charge is 0.497 e. The monoisotopic (exact) mass is 494 g/mol. The zero-order chi connectivity index (χ0) is 24.7. The summed E-state index contributed by atoms with van der Waals surface area (Å²) in [6, 6.07) is 12.2. The molecule has 3 aromatic rings. The molecule has 1 saturated heterocycles. The van der Waals surface area contributed by atoms with Crippen LogP contribution in [0.1, 0.15) is 31.2 Å². The first kappa shape index (κ1) is 25.7. The van der Waals surface area contributed by atoms with E-state index in [2.05, 4.69) is 46.0 Å². The standard InChI is InChI=1S/C28H38N4O2S/c1-31(2)26-20-30-25-10-9-22(34-3)19-24(25)23(26)7-6-11-28(21-33)12-15-32(16-13-28)17-18-35-27-8-4-5-14-29-27/h4-5,8-10,14,19-20,33H,6-7,11-13,15-18,21H2,1-3H3. The molecule has 4 rings (SSSR count). The summed E-state index contributed by atoms with van der Waals surface area (Å²) in [5.41, 5.74) is 3.50. The molecule has 2 aromatic heterocycles. The van der Waals surface area contributed by atoms with Crippen LogP contribution < -0.4 is 9.64 Å². The van der Waals surface area contributed by atoms with Gasteiger partial charge in [-0.25, -0.2) is 4.98 Å². The summed E-state index contributed by atoms with van der Waals surface area (Å²) >= 11 is 1.82. The van der Waals surface area contributed by atoms with Gasteiger partial charge in [0, 0.05) is 44.6 Å². The number of thioether (sulfide) groups is 1. The van der Waals surface area contributed by atoms with Gasteiger partial charge in [-0.2, -0.15) is 0 Å². The van der Waals surface area contributed by atoms with Crippen molar-refractivity contribution in [2.24, 2.45) is 5.41 Å². The Bertz CT molecular complexity index is 1090. The van der Waals surface area contributed by atoms with Gasteiger partial charge < -0.3 is 19.6 Å². The lowest BCUT2D eigenvalue weighted by atomic mass is 9.75. The number of pyridine rings is 2. The van der Waals surface area contributed by atoms with Crippen molar-refractivity contribution >= 4 is 28.4 Å². The van der Waals surface area contributed by atoms with Crippen molar-refractivity contribution in [3.05, 3.63) is 54.4 Å². The van der Waals surface area contributed by atoms with Gasteiger partial charge in [0.25, 0.3) is 0 Å². The molecule has 1 aromatic carbocycles. The number of aliphatic hydroxyl groups is 1. The molecule has 0 unspecified atom stereocenters. The van der Waals surface area contributed by atoms with E-state index < -0.39 is 0 Å². The fourth-order valence-corrected chi connectivity index (χ4v) is 5.95. The number of aryl methyl sites for hydroxylation is 1. The zero-order valence-corrected chi connectivity index (χ0v) is 22.1. The van der Waals surface area contributed by atoms with Crippen molar-refractivity contribution in [3.8, 4) is 5.75 Å². The van der Waals surface area contributed by atoms with Crippen LogP contribution >= 0.6 is 11.8 Å². The molecule has 3 heterocycles. The summed E-state index contributed by atoms with van der Waals surface area (Å²) in [5.74, 6) is 1.91. The van der Waals surface area contributed by atoms with Gasteiger partial charge >= 0.3 is 0 Å². The molecule has 0 radical (unpaired) electrons. The Morgan fingerprint density at radius 1 is 1.14 bits per heavy atom. The molecule has 0 saturated carbocycles. The number of anilines is 1. The number of benzene rings is 1. The number of fused-ring (bicyclic) bond motifs is 1. The van der Waals surface area contributed by atoms with E-state index in [0.29, 0.717) is 0 Å². The van der Waals surface area contributed by atoms with E-state index >= 15 is 0 Å². The van der Waals surface area contributed by atoms with Crippen molar-refractivity contribution in [3.63, 3.8) is 0 Å². The van der Waals surface area contributed by atoms with E-state index in [1.54, 1.807) is 7.11 Å². The summed E-state index contributed by atoms with van der Waals surface area (Å²) in [6.45, 7) is 3.46. The quantitative estimate of drug-likeness (QED) is 0.381. The molecule has 0 amide bonds. The van der Waals surface area contributed by atoms with Crippen LogP contribution in [0.3, 0.4) is 0 Å². The number of likely N-dealkylation sites (tertiary alicyclic amines) is 1. The van der Waals surface area contributed by atoms with Gasteiger partial charge in [-0.05, 0) is 86.5 Å². The van der Waals surface area contributed by atoms with Crippen LogP contribution in [0.15, 0.2) is 53.8 Å². The highest BCUT2D eigenvalue weighted by molar-refractivity contribution is 7.99. The Hall–Kier alpha value is -2.35. The second-order valence-electron chi connectivity index (χ2n) is 9.77. The SMILES string of the molecule is COc1ccc2ncc(N(C)C)c(CCCC3(CO)CCN(CCSc4ccccn4)CC3)c2c1. The third kappa shape index (κ3) is 6.46. The number of piperidine rings is 1. The fourth-order valence-electron chi connectivity index (χ4n) is 5.08. The van der Waals surface area contributed by atoms with Gasteiger partial charge in [-0.15, -0.1) is 11.8 Å². The molecular weight excluding hydrogens is 456 g/mol. The van der Waals surface area contributed by atoms with E-state index in [-0.39, 0.29) is 12.0 Å². The topological polar surface area (TPSA) is 61.7 Å². The minimum atomic E-state index is 0.0312. The van der Waals surface area contributed by atoms with Crippen molar-refractivity contribution in [1.29, 1.82) is 0 Å². The summed E-state index contributed by atoms with van der Waals surface area (Å²) in [6.07, 6.45) is 9.01. The Morgan fingerprint density at radius 3 is 2.66 bits per heavy atom. The van der Waals surface area contributed by atoms with Crippen LogP contribution in [0.2, 0.25) is 0 Å². The molecule has 1 N–H and O–H groups in total. The number of nitrogens with zero attached hydrogens (tertiary/aromatic N) is 4. The second-order valence-corrected chi connectivity index (χ2v) is 10.9. The third-order valence-electron chi connectivity index (χ3n) is 7.33. The lowest BCUT2D eigenvalue weighted by Gasteiger charge is -2.41. The predicted molar refractivity (Wildman–Crippen MR) is 146 cm³/mol. The molecule has 0 atom stereocenters. The summed E-state index contributed by atoms with van der Waals surface area (Å²) < 4.78 is 5.49. The molecule has 1 fully saturated rings. The minimum Gasteiger partial charge on any atom is -0.497 e. The maximum atomic E-state index is 10.4. The molecule has 35 heavy (non-hydrogen) atoms. The number of ether oxygens (including phenoxy) is 1. The number of hydrogen-bond acceptors (Lipinski definition) is 7. The molecule has 0 bridgehead atoms. The highest BCUT2D eigenvalue weighted by atomic mass is 32.2. The van der Waals surface area contributed by atoms with Gasteiger partial charge in [0.1, 0.15) is 5.75 Å². The first-order valence-corrected chi connectivity index (χ1v) is 13.5. The highest BCUT2D eigenvalue weighted by Crippen LogP contribution is 2.38. The van der Waals surface area contributed by atoms with E-state index in [1.165, 1.54) is 5.56 Å². The fraction of sp³-hybridized carbons (Fsp3) is 0.500. The highest BCUT2D eigenvalue weighted by Gasteiger charge is 2.33. The molecule has 7 heteroatoms. The zero-order valence-electron chi connectivity index (χ0n) is 21.2. The van der Waals surface area contributed by atoms with E-state index in [0.717, 1.165) is 84.9 Å². The van der Waals surface area contributed by atoms with Crippen LogP contribution in [0.5, 0.6) is 5.75 Å². The summed E-state index contributed by atoms with van der Waals surface area (Å²) in [5, 5.41) is 12.6. The maximum absolute atomic E-state index is 10.4. The van der Waals surface area contributed by atoms with Gasteiger partial charge in [0.05, 0.1) is 29.5 Å². The smallest absolute Gasteiger partial charge is 0.119 e. The lowest BCUT2D eigenvalue weighted by Crippen LogP contribution is -2.42. The van der Waals surface area contributed by atoms with Gasteiger partial charge in [-0.1, -0.05) is 6.07 Å². The maximum Gasteiger partial charge on any atom is 0.119 e. The molecule has 188 valence electrons. The average Bonchev–Trinajstić information content (AvgIpc) is 2.90. The molecule has 0 spiro atoms. The summed E-state index contributed by atoms with van der Waals surface area (Å²) in [7, 11) is 5.85. The normalized spacial score (nSPS) is 15.9. The molecule has 1 aliphatic rings. The van der Waals surface area contributed by atoms with Crippen molar-refractivity contribution in [2.45, 2.75) is 37.1 Å². The number of aliphatic hydroxyl groups excluding tert-OH is 1. The first-order valence-electron chi connectivity index (χ1n) is 12.5. The van der Waals surface area contributed by atoms with Crippen molar-refractivity contribution < 1.29 is 9.84 Å². The van der Waals surface area contributed by atoms with Crippen LogP contribution in [0, 0.1) is 5.41 Å². The van der Waals surface area contributed by atoms with Gasteiger partial charge in [0.2, 0.25) is 0 Å². The van der Waals surface area contributed by atoms with Crippen molar-refractivity contribution in [2.75, 3.05) is 58.1 Å². The van der Waals surface area contributed by atoms with Crippen LogP contribution in [-0.4, -0.2) is 73.2 Å². The number of methoxy groups -OCH3 is 1. The number of hydrogen-bond donors (Lipinski definition) is 1. The van der Waals surface area contributed by atoms with E-state index in [4.69, 9.17) is 4.74 Å². The Balaban J connectivity index is 1.34. The Morgan fingerprint density at radius 2 is 1.97 bits per heavy atom. The van der Waals surface area contributed by atoms with Crippen LogP contribution in [0.25, 0.3) is 10.9 Å². The van der Waals surface area contributed by atoms with E-state index in [1.807, 2.05) is 48.4 Å². The third-order valence-corrected chi connectivity index (χ3v) is 8.25. The predicted octanol–water partition coefficient (Wildman–Crippen LogP) is 4.89. The van der Waals surface area contributed by atoms with E-state index in [9.17, 15) is 5.11 Å². The molecule has 1 aliphatic heterocycles. The average molecular weight is 495 g/mol. The summed E-state index contributed by atoms with van der Waals surface area (Å²) in [4.78, 5) is 13.8. The lowest BCUT2D eigenvalue weighted by molar-refractivity contribution is 0.0378. The molecule has 6 nitrogen and oxygen atoms in total. The number of aromatic nitrogens is 2. The van der Waals surface area contributed by atoms with Crippen molar-refractivity contribution in [1.82, 2.24) is 14.9 Å². The van der Waals surface area contributed by atoms with Crippen LogP contribution in [-0.2, 0) is 6.42 Å². The Labute approximate surface area is 213 Å². The minimum absolute atomic E-state index is 0.0312.